The maximum Gasteiger partial charge on any atom is 0.306 e. The summed E-state index contributed by atoms with van der Waals surface area (Å²) in [7, 11) is 6.72. The molecule has 1 aromatic carbocycles. The first-order valence-electron chi connectivity index (χ1n) is 19.0. The molecular formula is C40H60O9. The number of fused-ring (bicyclic) bond motifs is 5. The number of carbonyl (C=O) groups is 2. The fourth-order valence-electron chi connectivity index (χ4n) is 10.9. The van der Waals surface area contributed by atoms with Crippen LogP contribution in [0.3, 0.4) is 0 Å². The van der Waals surface area contributed by atoms with Gasteiger partial charge in [0.05, 0.1) is 19.3 Å². The Hall–Kier alpha value is -2.04. The van der Waals surface area contributed by atoms with Crippen molar-refractivity contribution < 1.29 is 42.7 Å². The average Bonchev–Trinajstić information content (AvgIpc) is 3.66. The van der Waals surface area contributed by atoms with Gasteiger partial charge in [-0.25, -0.2) is 0 Å². The molecule has 10 unspecified atom stereocenters. The second-order valence-corrected chi connectivity index (χ2v) is 15.6. The number of methoxy groups -OCH3 is 4. The smallest absolute Gasteiger partial charge is 0.306 e. The number of ketones is 1. The Bertz CT molecular complexity index is 1270. The van der Waals surface area contributed by atoms with Crippen molar-refractivity contribution in [3.8, 4) is 5.75 Å². The second kappa shape index (κ2) is 16.1. The Morgan fingerprint density at radius 1 is 0.816 bits per heavy atom. The number of esters is 1. The van der Waals surface area contributed by atoms with E-state index in [4.69, 9.17) is 33.2 Å². The third-order valence-corrected chi connectivity index (χ3v) is 13.1. The number of hydrogen-bond donors (Lipinski definition) is 0. The minimum atomic E-state index is -0.575. The van der Waals surface area contributed by atoms with E-state index in [2.05, 4.69) is 26.0 Å². The van der Waals surface area contributed by atoms with Crippen molar-refractivity contribution in [3.63, 3.8) is 0 Å². The van der Waals surface area contributed by atoms with Crippen molar-refractivity contribution in [2.75, 3.05) is 28.4 Å². The number of benzene rings is 1. The van der Waals surface area contributed by atoms with Gasteiger partial charge in [0.15, 0.2) is 6.29 Å². The predicted molar refractivity (Wildman–Crippen MR) is 184 cm³/mol. The standard InChI is InChI=1S/C40H60O9/c1-8-26-14-10-9-12-22(2)36(42)35-31(21-32(41)48-26)29-17-16-24-18-28(49-40-39(46-7)38(45-6)37(44-5)23(3)47-40)20-30(24)34(29)33(35)25-13-11-15-27(19-25)43-4/h11,13,15,19,22-24,26,28-31,33-35,37-40H,8-10,12,14,16-18,20-21H2,1-7H3/t22-,23?,24?,26+,28-,29?,30-,31+,33?,34?,35?,37?,38?,39?,40?/m1/s1. The molecule has 9 heteroatoms. The van der Waals surface area contributed by atoms with Gasteiger partial charge in [-0.3, -0.25) is 9.59 Å². The van der Waals surface area contributed by atoms with Crippen LogP contribution in [-0.4, -0.2) is 83.1 Å². The lowest BCUT2D eigenvalue weighted by Gasteiger charge is -2.44. The number of carbonyl (C=O) groups excluding carboxylic acids is 2. The summed E-state index contributed by atoms with van der Waals surface area (Å²) in [5.74, 6) is 1.98. The second-order valence-electron chi connectivity index (χ2n) is 15.6. The van der Waals surface area contributed by atoms with Gasteiger partial charge >= 0.3 is 5.97 Å². The molecule has 0 spiro atoms. The van der Waals surface area contributed by atoms with Crippen LogP contribution in [0.25, 0.3) is 0 Å². The molecule has 15 atom stereocenters. The lowest BCUT2D eigenvalue weighted by Crippen LogP contribution is -2.59. The first-order chi connectivity index (χ1) is 23.7. The van der Waals surface area contributed by atoms with Crippen molar-refractivity contribution in [3.05, 3.63) is 29.8 Å². The highest BCUT2D eigenvalue weighted by molar-refractivity contribution is 5.86. The van der Waals surface area contributed by atoms with E-state index in [1.165, 1.54) is 0 Å². The summed E-state index contributed by atoms with van der Waals surface area (Å²) in [5.41, 5.74) is 1.15. The van der Waals surface area contributed by atoms with E-state index in [0.717, 1.165) is 69.1 Å². The van der Waals surface area contributed by atoms with E-state index in [0.29, 0.717) is 24.0 Å². The van der Waals surface area contributed by atoms with E-state index in [1.54, 1.807) is 28.4 Å². The van der Waals surface area contributed by atoms with E-state index in [-0.39, 0.29) is 72.0 Å². The summed E-state index contributed by atoms with van der Waals surface area (Å²) in [4.78, 5) is 28.4. The first kappa shape index (κ1) is 36.7. The van der Waals surface area contributed by atoms with Crippen LogP contribution >= 0.6 is 0 Å². The molecule has 5 fully saturated rings. The summed E-state index contributed by atoms with van der Waals surface area (Å²) in [5, 5.41) is 0. The van der Waals surface area contributed by atoms with E-state index in [1.807, 2.05) is 19.1 Å². The molecule has 0 bridgehead atoms. The number of Topliss-reactive ketones (excluding diaryl/α,β-unsaturated/α-hetero) is 1. The average molecular weight is 685 g/mol. The molecule has 5 aliphatic rings. The van der Waals surface area contributed by atoms with Crippen LogP contribution in [0.5, 0.6) is 5.75 Å². The predicted octanol–water partition coefficient (Wildman–Crippen LogP) is 6.74. The van der Waals surface area contributed by atoms with Crippen LogP contribution in [0, 0.1) is 41.4 Å². The summed E-state index contributed by atoms with van der Waals surface area (Å²) in [6.45, 7) is 6.21. The molecule has 1 aromatic rings. The Kier molecular flexibility index (Phi) is 12.1. The molecule has 274 valence electrons. The largest absolute Gasteiger partial charge is 0.497 e. The molecule has 3 aliphatic carbocycles. The van der Waals surface area contributed by atoms with Crippen LogP contribution in [0.4, 0.5) is 0 Å². The summed E-state index contributed by atoms with van der Waals surface area (Å²) >= 11 is 0. The first-order valence-corrected chi connectivity index (χ1v) is 19.0. The normalized spacial score (nSPS) is 43.0. The third kappa shape index (κ3) is 7.35. The van der Waals surface area contributed by atoms with Gasteiger partial charge in [-0.2, -0.15) is 0 Å². The van der Waals surface area contributed by atoms with Crippen molar-refractivity contribution in [2.45, 2.75) is 134 Å². The highest BCUT2D eigenvalue weighted by Gasteiger charge is 2.61. The molecular weight excluding hydrogens is 624 g/mol. The molecule has 9 nitrogen and oxygen atoms in total. The summed E-state index contributed by atoms with van der Waals surface area (Å²) in [6, 6.07) is 8.33. The molecule has 0 amide bonds. The van der Waals surface area contributed by atoms with Gasteiger partial charge in [0.1, 0.15) is 35.9 Å². The fourth-order valence-corrected chi connectivity index (χ4v) is 10.9. The van der Waals surface area contributed by atoms with Gasteiger partial charge in [-0.05, 0) is 111 Å². The lowest BCUT2D eigenvalue weighted by molar-refractivity contribution is -0.314. The Balaban J connectivity index is 1.33. The van der Waals surface area contributed by atoms with Gasteiger partial charge in [0.25, 0.3) is 0 Å². The molecule has 2 heterocycles. The van der Waals surface area contributed by atoms with Gasteiger partial charge in [-0.1, -0.05) is 32.4 Å². The minimum absolute atomic E-state index is 0.00215. The topological polar surface area (TPSA) is 98.8 Å². The zero-order valence-corrected chi connectivity index (χ0v) is 30.7. The Morgan fingerprint density at radius 2 is 1.57 bits per heavy atom. The molecule has 0 N–H and O–H groups in total. The van der Waals surface area contributed by atoms with Crippen molar-refractivity contribution in [1.82, 2.24) is 0 Å². The highest BCUT2D eigenvalue weighted by atomic mass is 16.7. The number of rotatable bonds is 8. The van der Waals surface area contributed by atoms with Gasteiger partial charge in [0.2, 0.25) is 0 Å². The van der Waals surface area contributed by atoms with Gasteiger partial charge in [0, 0.05) is 39.6 Å². The number of ether oxygens (including phenoxy) is 7. The molecule has 2 aliphatic heterocycles. The maximum atomic E-state index is 14.7. The monoisotopic (exact) mass is 684 g/mol. The molecule has 0 radical (unpaired) electrons. The Labute approximate surface area is 293 Å². The molecule has 2 saturated heterocycles. The van der Waals surface area contributed by atoms with Crippen molar-refractivity contribution in [1.29, 1.82) is 0 Å². The van der Waals surface area contributed by atoms with E-state index in [9.17, 15) is 9.59 Å². The van der Waals surface area contributed by atoms with Gasteiger partial charge < -0.3 is 33.2 Å². The van der Waals surface area contributed by atoms with E-state index < -0.39 is 12.4 Å². The molecule has 6 rings (SSSR count). The number of hydrogen-bond acceptors (Lipinski definition) is 9. The van der Waals surface area contributed by atoms with Crippen LogP contribution < -0.4 is 4.74 Å². The third-order valence-electron chi connectivity index (χ3n) is 13.1. The Morgan fingerprint density at radius 3 is 2.29 bits per heavy atom. The van der Waals surface area contributed by atoms with Crippen molar-refractivity contribution >= 4 is 11.8 Å². The quantitative estimate of drug-likeness (QED) is 0.276. The lowest BCUT2D eigenvalue weighted by atomic mass is 9.64. The van der Waals surface area contributed by atoms with Crippen LogP contribution in [0.1, 0.15) is 96.5 Å². The summed E-state index contributed by atoms with van der Waals surface area (Å²) < 4.78 is 42.5. The molecule has 0 aromatic heterocycles. The van der Waals surface area contributed by atoms with E-state index >= 15 is 0 Å². The maximum absolute atomic E-state index is 14.7. The SMILES string of the molecule is CC[C@H]1CCCC[C@@H](C)C(=O)C2C(c3cccc(OC)c3)C3C(CCC4C[C@@H](OC5OC(C)C(OC)C(OC)C5OC)C[C@H]43)[C@@H]2CC(=O)O1. The van der Waals surface area contributed by atoms with Crippen molar-refractivity contribution in [2.24, 2.45) is 41.4 Å². The number of cyclic esters (lactones) is 1. The van der Waals surface area contributed by atoms with Gasteiger partial charge in [-0.15, -0.1) is 0 Å². The zero-order chi connectivity index (χ0) is 34.8. The summed E-state index contributed by atoms with van der Waals surface area (Å²) in [6.07, 6.45) is 6.84. The zero-order valence-electron chi connectivity index (χ0n) is 30.7. The molecule has 49 heavy (non-hydrogen) atoms. The fraction of sp³-hybridized carbons (Fsp3) is 0.800. The minimum Gasteiger partial charge on any atom is -0.497 e. The molecule has 3 saturated carbocycles. The van der Waals surface area contributed by atoms with Crippen LogP contribution in [0.15, 0.2) is 24.3 Å². The van der Waals surface area contributed by atoms with Crippen LogP contribution in [-0.2, 0) is 38.0 Å². The highest BCUT2D eigenvalue weighted by Crippen LogP contribution is 2.64. The van der Waals surface area contributed by atoms with Crippen LogP contribution in [0.2, 0.25) is 0 Å².